The van der Waals surface area contributed by atoms with E-state index in [-0.39, 0.29) is 12.5 Å². The summed E-state index contributed by atoms with van der Waals surface area (Å²) in [6.45, 7) is 2.53. The zero-order valence-corrected chi connectivity index (χ0v) is 10.8. The first-order valence-corrected chi connectivity index (χ1v) is 6.16. The van der Waals surface area contributed by atoms with Gasteiger partial charge in [0.05, 0.1) is 6.54 Å². The van der Waals surface area contributed by atoms with Gasteiger partial charge in [0, 0.05) is 20.1 Å². The highest BCUT2D eigenvalue weighted by atomic mass is 16.4. The summed E-state index contributed by atoms with van der Waals surface area (Å²) >= 11 is 0. The minimum absolute atomic E-state index is 0.114. The van der Waals surface area contributed by atoms with Gasteiger partial charge in [0.25, 0.3) is 0 Å². The number of likely N-dealkylation sites (N-methyl/N-ethyl adjacent to an activating group) is 1. The normalized spacial score (nSPS) is 15.1. The number of hydrogen-bond donors (Lipinski definition) is 1. The van der Waals surface area contributed by atoms with Crippen molar-refractivity contribution in [3.05, 3.63) is 5.89 Å². The van der Waals surface area contributed by atoms with Crippen molar-refractivity contribution in [3.63, 3.8) is 0 Å². The fourth-order valence-corrected chi connectivity index (χ4v) is 1.96. The van der Waals surface area contributed by atoms with Gasteiger partial charge in [-0.1, -0.05) is 5.10 Å². The quantitative estimate of drug-likeness (QED) is 0.786. The standard InChI is InChI=1S/C11H19N5O2/c1-12-7-9-13-14-11(18-9)15(2)8-10(17)16-5-3-4-6-16/h12H,3-8H2,1-2H3. The van der Waals surface area contributed by atoms with Crippen LogP contribution in [0.2, 0.25) is 0 Å². The van der Waals surface area contributed by atoms with Gasteiger partial charge in [-0.3, -0.25) is 4.79 Å². The SMILES string of the molecule is CNCc1nnc(N(C)CC(=O)N2CCCC2)o1. The second kappa shape index (κ2) is 5.81. The van der Waals surface area contributed by atoms with Crippen LogP contribution < -0.4 is 10.2 Å². The summed E-state index contributed by atoms with van der Waals surface area (Å²) in [5.41, 5.74) is 0. The molecule has 7 heteroatoms. The van der Waals surface area contributed by atoms with Crippen LogP contribution in [-0.2, 0) is 11.3 Å². The molecule has 1 aliphatic heterocycles. The van der Waals surface area contributed by atoms with Gasteiger partial charge < -0.3 is 19.5 Å². The van der Waals surface area contributed by atoms with Crippen molar-refractivity contribution in [3.8, 4) is 0 Å². The smallest absolute Gasteiger partial charge is 0.318 e. The highest BCUT2D eigenvalue weighted by Crippen LogP contribution is 2.12. The number of nitrogens with zero attached hydrogens (tertiary/aromatic N) is 4. The third-order valence-electron chi connectivity index (χ3n) is 2.94. The molecule has 0 unspecified atom stereocenters. The molecular formula is C11H19N5O2. The van der Waals surface area contributed by atoms with Crippen molar-refractivity contribution in [2.24, 2.45) is 0 Å². The monoisotopic (exact) mass is 253 g/mol. The maximum Gasteiger partial charge on any atom is 0.318 e. The van der Waals surface area contributed by atoms with Gasteiger partial charge in [-0.2, -0.15) is 0 Å². The number of amides is 1. The predicted molar refractivity (Wildman–Crippen MR) is 66.1 cm³/mol. The molecule has 1 saturated heterocycles. The highest BCUT2D eigenvalue weighted by molar-refractivity contribution is 5.80. The van der Waals surface area contributed by atoms with Gasteiger partial charge in [-0.15, -0.1) is 5.10 Å². The summed E-state index contributed by atoms with van der Waals surface area (Å²) in [7, 11) is 3.59. The summed E-state index contributed by atoms with van der Waals surface area (Å²) in [4.78, 5) is 15.5. The molecule has 1 fully saturated rings. The van der Waals surface area contributed by atoms with E-state index in [0.29, 0.717) is 18.5 Å². The van der Waals surface area contributed by atoms with Crippen LogP contribution in [0, 0.1) is 0 Å². The van der Waals surface area contributed by atoms with Crippen molar-refractivity contribution >= 4 is 11.9 Å². The van der Waals surface area contributed by atoms with Crippen LogP contribution in [0.4, 0.5) is 6.01 Å². The van der Waals surface area contributed by atoms with E-state index in [9.17, 15) is 4.79 Å². The molecule has 1 amide bonds. The van der Waals surface area contributed by atoms with Gasteiger partial charge >= 0.3 is 6.01 Å². The maximum absolute atomic E-state index is 11.9. The van der Waals surface area contributed by atoms with Crippen molar-refractivity contribution in [1.82, 2.24) is 20.4 Å². The van der Waals surface area contributed by atoms with E-state index in [2.05, 4.69) is 15.5 Å². The fourth-order valence-electron chi connectivity index (χ4n) is 1.96. The molecule has 0 atom stereocenters. The van der Waals surface area contributed by atoms with Crippen LogP contribution in [0.3, 0.4) is 0 Å². The molecule has 2 heterocycles. The molecule has 18 heavy (non-hydrogen) atoms. The second-order valence-corrected chi connectivity index (χ2v) is 4.45. The molecule has 0 radical (unpaired) electrons. The molecule has 7 nitrogen and oxygen atoms in total. The van der Waals surface area contributed by atoms with Crippen molar-refractivity contribution in [2.45, 2.75) is 19.4 Å². The Morgan fingerprint density at radius 2 is 2.17 bits per heavy atom. The molecule has 100 valence electrons. The number of carbonyl (C=O) groups excluding carboxylic acids is 1. The maximum atomic E-state index is 11.9. The minimum atomic E-state index is 0.114. The number of aromatic nitrogens is 2. The Labute approximate surface area is 106 Å². The van der Waals surface area contributed by atoms with Crippen LogP contribution >= 0.6 is 0 Å². The molecule has 0 bridgehead atoms. The first-order valence-electron chi connectivity index (χ1n) is 6.16. The molecular weight excluding hydrogens is 234 g/mol. The van der Waals surface area contributed by atoms with E-state index in [1.165, 1.54) is 0 Å². The lowest BCUT2D eigenvalue weighted by molar-refractivity contribution is -0.128. The third kappa shape index (κ3) is 2.98. The lowest BCUT2D eigenvalue weighted by Gasteiger charge is -2.19. The summed E-state index contributed by atoms with van der Waals surface area (Å²) in [5.74, 6) is 0.635. The molecule has 2 rings (SSSR count). The lowest BCUT2D eigenvalue weighted by Crippen LogP contribution is -2.37. The molecule has 0 aromatic carbocycles. The predicted octanol–water partition coefficient (Wildman–Crippen LogP) is -0.152. The molecule has 1 N–H and O–H groups in total. The largest absolute Gasteiger partial charge is 0.407 e. The van der Waals surface area contributed by atoms with E-state index in [0.717, 1.165) is 25.9 Å². The average molecular weight is 253 g/mol. The summed E-state index contributed by atoms with van der Waals surface area (Å²) in [6.07, 6.45) is 2.20. The second-order valence-electron chi connectivity index (χ2n) is 4.45. The molecule has 0 saturated carbocycles. The molecule has 1 aliphatic rings. The Morgan fingerprint density at radius 3 is 2.83 bits per heavy atom. The van der Waals surface area contributed by atoms with E-state index >= 15 is 0 Å². The summed E-state index contributed by atoms with van der Waals surface area (Å²) < 4.78 is 5.42. The number of hydrogen-bond acceptors (Lipinski definition) is 6. The summed E-state index contributed by atoms with van der Waals surface area (Å²) in [6, 6.07) is 0.382. The number of carbonyl (C=O) groups is 1. The van der Waals surface area contributed by atoms with Crippen LogP contribution in [-0.4, -0.2) is 54.7 Å². The number of rotatable bonds is 5. The zero-order valence-electron chi connectivity index (χ0n) is 10.8. The molecule has 1 aromatic heterocycles. The third-order valence-corrected chi connectivity index (χ3v) is 2.94. The van der Waals surface area contributed by atoms with E-state index < -0.39 is 0 Å². The Bertz CT molecular complexity index is 400. The molecule has 1 aromatic rings. The van der Waals surface area contributed by atoms with Gasteiger partial charge in [0.2, 0.25) is 11.8 Å². The van der Waals surface area contributed by atoms with Crippen LogP contribution in [0.25, 0.3) is 0 Å². The van der Waals surface area contributed by atoms with Crippen molar-refractivity contribution < 1.29 is 9.21 Å². The first kappa shape index (κ1) is 12.8. The lowest BCUT2D eigenvalue weighted by atomic mass is 10.4. The van der Waals surface area contributed by atoms with Crippen LogP contribution in [0.1, 0.15) is 18.7 Å². The van der Waals surface area contributed by atoms with Crippen molar-refractivity contribution in [1.29, 1.82) is 0 Å². The topological polar surface area (TPSA) is 74.5 Å². The molecule has 0 aliphatic carbocycles. The Hall–Kier alpha value is -1.63. The Balaban J connectivity index is 1.89. The van der Waals surface area contributed by atoms with Crippen molar-refractivity contribution in [2.75, 3.05) is 38.6 Å². The van der Waals surface area contributed by atoms with E-state index in [1.807, 2.05) is 11.9 Å². The number of anilines is 1. The van der Waals surface area contributed by atoms with Crippen LogP contribution in [0.15, 0.2) is 4.42 Å². The van der Waals surface area contributed by atoms with E-state index in [4.69, 9.17) is 4.42 Å². The van der Waals surface area contributed by atoms with Gasteiger partial charge in [0.1, 0.15) is 6.54 Å². The van der Waals surface area contributed by atoms with Gasteiger partial charge in [-0.05, 0) is 19.9 Å². The number of likely N-dealkylation sites (tertiary alicyclic amines) is 1. The zero-order chi connectivity index (χ0) is 13.0. The molecule has 0 spiro atoms. The fraction of sp³-hybridized carbons (Fsp3) is 0.727. The minimum Gasteiger partial charge on any atom is -0.407 e. The van der Waals surface area contributed by atoms with Gasteiger partial charge in [-0.25, -0.2) is 0 Å². The number of nitrogens with one attached hydrogen (secondary N) is 1. The summed E-state index contributed by atoms with van der Waals surface area (Å²) in [5, 5.41) is 10.7. The van der Waals surface area contributed by atoms with E-state index in [1.54, 1.807) is 11.9 Å². The Morgan fingerprint density at radius 1 is 1.44 bits per heavy atom. The highest BCUT2D eigenvalue weighted by Gasteiger charge is 2.21. The average Bonchev–Trinajstić information content (AvgIpc) is 3.00. The van der Waals surface area contributed by atoms with Gasteiger partial charge in [0.15, 0.2) is 0 Å². The van der Waals surface area contributed by atoms with Crippen LogP contribution in [0.5, 0.6) is 0 Å². The first-order chi connectivity index (χ1) is 8.70. The Kier molecular flexibility index (Phi) is 4.14.